The number of nitrogens with one attached hydrogen (secondary N) is 2. The Morgan fingerprint density at radius 3 is 3.11 bits per heavy atom. The normalized spacial score (nSPS) is 23.4. The average molecular weight is 259 g/mol. The number of aromatic amines is 1. The van der Waals surface area contributed by atoms with Gasteiger partial charge in [0.1, 0.15) is 0 Å². The van der Waals surface area contributed by atoms with Crippen molar-refractivity contribution in [3.8, 4) is 0 Å². The van der Waals surface area contributed by atoms with Crippen LogP contribution in [0.3, 0.4) is 0 Å². The molecular formula is C14H17N3O2. The lowest BCUT2D eigenvalue weighted by molar-refractivity contribution is 0.0272. The number of H-pyrrole nitrogens is 1. The summed E-state index contributed by atoms with van der Waals surface area (Å²) in [6.07, 6.45) is 1.90. The maximum Gasteiger partial charge on any atom is 0.272 e. The monoisotopic (exact) mass is 259 g/mol. The summed E-state index contributed by atoms with van der Waals surface area (Å²) < 4.78 is 5.45. The fourth-order valence-corrected chi connectivity index (χ4v) is 2.50. The molecule has 2 N–H and O–H groups in total. The fraction of sp³-hybridized carbons (Fsp3) is 0.429. The van der Waals surface area contributed by atoms with Crippen molar-refractivity contribution in [2.45, 2.75) is 25.3 Å². The second-order valence-electron chi connectivity index (χ2n) is 5.29. The number of benzene rings is 1. The van der Waals surface area contributed by atoms with Gasteiger partial charge < -0.3 is 10.1 Å². The van der Waals surface area contributed by atoms with Crippen molar-refractivity contribution in [1.29, 1.82) is 0 Å². The first-order valence-corrected chi connectivity index (χ1v) is 6.51. The Hall–Kier alpha value is -1.88. The van der Waals surface area contributed by atoms with E-state index in [1.165, 1.54) is 0 Å². The van der Waals surface area contributed by atoms with E-state index in [1.807, 2.05) is 31.2 Å². The van der Waals surface area contributed by atoms with Crippen molar-refractivity contribution >= 4 is 16.8 Å². The third kappa shape index (κ3) is 2.33. The molecule has 1 aliphatic rings. The van der Waals surface area contributed by atoms with Gasteiger partial charge in [0, 0.05) is 12.0 Å². The van der Waals surface area contributed by atoms with Gasteiger partial charge in [-0.15, -0.1) is 0 Å². The van der Waals surface area contributed by atoms with Crippen LogP contribution in [0.1, 0.15) is 30.3 Å². The van der Waals surface area contributed by atoms with Gasteiger partial charge in [0.2, 0.25) is 0 Å². The van der Waals surface area contributed by atoms with E-state index in [1.54, 1.807) is 0 Å². The van der Waals surface area contributed by atoms with Crippen molar-refractivity contribution in [2.75, 3.05) is 13.2 Å². The predicted molar refractivity (Wildman–Crippen MR) is 72.0 cm³/mol. The number of nitrogens with zero attached hydrogens (tertiary/aromatic N) is 1. The molecule has 1 amide bonds. The van der Waals surface area contributed by atoms with Crippen molar-refractivity contribution in [3.05, 3.63) is 30.0 Å². The minimum Gasteiger partial charge on any atom is -0.379 e. The smallest absolute Gasteiger partial charge is 0.272 e. The summed E-state index contributed by atoms with van der Waals surface area (Å²) in [5, 5.41) is 10.9. The minimum absolute atomic E-state index is 0.148. The predicted octanol–water partition coefficient (Wildman–Crippen LogP) is 1.86. The molecule has 0 saturated carbocycles. The van der Waals surface area contributed by atoms with Crippen LogP contribution in [0, 0.1) is 0 Å². The van der Waals surface area contributed by atoms with Gasteiger partial charge in [-0.3, -0.25) is 9.89 Å². The van der Waals surface area contributed by atoms with Gasteiger partial charge in [-0.05, 0) is 25.8 Å². The first-order chi connectivity index (χ1) is 9.18. The highest BCUT2D eigenvalue weighted by Gasteiger charge is 2.30. The number of ether oxygens (including phenoxy) is 1. The van der Waals surface area contributed by atoms with E-state index in [0.29, 0.717) is 12.3 Å². The number of aromatic nitrogens is 2. The van der Waals surface area contributed by atoms with Gasteiger partial charge in [-0.1, -0.05) is 18.2 Å². The number of hydrogen-bond donors (Lipinski definition) is 2. The second kappa shape index (κ2) is 4.66. The first-order valence-electron chi connectivity index (χ1n) is 6.51. The lowest BCUT2D eigenvalue weighted by Crippen LogP contribution is -2.51. The molecule has 1 aromatic heterocycles. The maximum absolute atomic E-state index is 12.3. The minimum atomic E-state index is -0.296. The summed E-state index contributed by atoms with van der Waals surface area (Å²) in [4.78, 5) is 12.3. The Morgan fingerprint density at radius 2 is 2.32 bits per heavy atom. The van der Waals surface area contributed by atoms with E-state index < -0.39 is 0 Å². The van der Waals surface area contributed by atoms with Crippen LogP contribution < -0.4 is 5.32 Å². The first kappa shape index (κ1) is 12.2. The number of para-hydroxylation sites is 1. The van der Waals surface area contributed by atoms with Crippen LogP contribution in [0.2, 0.25) is 0 Å². The Balaban J connectivity index is 1.84. The molecule has 1 atom stereocenters. The van der Waals surface area contributed by atoms with Crippen LogP contribution in [-0.4, -0.2) is 34.9 Å². The molecule has 0 spiro atoms. The summed E-state index contributed by atoms with van der Waals surface area (Å²) >= 11 is 0. The topological polar surface area (TPSA) is 67.0 Å². The molecule has 1 aromatic carbocycles. The average Bonchev–Trinajstić information content (AvgIpc) is 2.83. The third-order valence-electron chi connectivity index (χ3n) is 3.54. The van der Waals surface area contributed by atoms with Gasteiger partial charge in [-0.25, -0.2) is 0 Å². The molecule has 0 aliphatic carbocycles. The molecule has 1 unspecified atom stereocenters. The van der Waals surface area contributed by atoms with E-state index in [2.05, 4.69) is 15.5 Å². The summed E-state index contributed by atoms with van der Waals surface area (Å²) in [6, 6.07) is 7.62. The zero-order chi connectivity index (χ0) is 13.3. The zero-order valence-electron chi connectivity index (χ0n) is 10.9. The Kier molecular flexibility index (Phi) is 2.98. The number of rotatable bonds is 2. The van der Waals surface area contributed by atoms with Crippen LogP contribution in [0.5, 0.6) is 0 Å². The van der Waals surface area contributed by atoms with E-state index in [-0.39, 0.29) is 11.4 Å². The number of amides is 1. The van der Waals surface area contributed by atoms with Crippen LogP contribution in [0.15, 0.2) is 24.3 Å². The third-order valence-corrected chi connectivity index (χ3v) is 3.54. The van der Waals surface area contributed by atoms with Crippen LogP contribution in [0.4, 0.5) is 0 Å². The van der Waals surface area contributed by atoms with Gasteiger partial charge in [0.25, 0.3) is 5.91 Å². The standard InChI is InChI=1S/C14H17N3O2/c1-14(7-4-8-19-9-14)15-13(18)12-10-5-2-3-6-11(10)16-17-12/h2-3,5-6H,4,7-9H2,1H3,(H,15,18)(H,16,17). The van der Waals surface area contributed by atoms with Crippen molar-refractivity contribution < 1.29 is 9.53 Å². The van der Waals surface area contributed by atoms with Gasteiger partial charge in [-0.2, -0.15) is 5.10 Å². The largest absolute Gasteiger partial charge is 0.379 e. The number of hydrogen-bond acceptors (Lipinski definition) is 3. The molecule has 1 saturated heterocycles. The molecule has 5 nitrogen and oxygen atoms in total. The Morgan fingerprint density at radius 1 is 1.47 bits per heavy atom. The van der Waals surface area contributed by atoms with E-state index in [0.717, 1.165) is 30.4 Å². The highest BCUT2D eigenvalue weighted by atomic mass is 16.5. The molecule has 19 heavy (non-hydrogen) atoms. The number of carbonyl (C=O) groups excluding carboxylic acids is 1. The van der Waals surface area contributed by atoms with Crippen molar-refractivity contribution in [2.24, 2.45) is 0 Å². The van der Waals surface area contributed by atoms with Crippen LogP contribution >= 0.6 is 0 Å². The highest BCUT2D eigenvalue weighted by Crippen LogP contribution is 2.20. The Bertz CT molecular complexity index is 600. The molecule has 0 bridgehead atoms. The van der Waals surface area contributed by atoms with Crippen LogP contribution in [0.25, 0.3) is 10.9 Å². The molecule has 2 aromatic rings. The SMILES string of the molecule is CC1(NC(=O)c2n[nH]c3ccccc23)CCCOC1. The summed E-state index contributed by atoms with van der Waals surface area (Å²) in [5.41, 5.74) is 1.02. The molecule has 1 aliphatic heterocycles. The quantitative estimate of drug-likeness (QED) is 0.865. The van der Waals surface area contributed by atoms with Crippen LogP contribution in [-0.2, 0) is 4.74 Å². The molecular weight excluding hydrogens is 242 g/mol. The van der Waals surface area contributed by atoms with Crippen molar-refractivity contribution in [3.63, 3.8) is 0 Å². The molecule has 3 rings (SSSR count). The Labute approximate surface area is 111 Å². The summed E-state index contributed by atoms with van der Waals surface area (Å²) in [5.74, 6) is -0.148. The second-order valence-corrected chi connectivity index (χ2v) is 5.29. The maximum atomic E-state index is 12.3. The van der Waals surface area contributed by atoms with E-state index >= 15 is 0 Å². The van der Waals surface area contributed by atoms with Gasteiger partial charge >= 0.3 is 0 Å². The number of fused-ring (bicyclic) bond motifs is 1. The summed E-state index contributed by atoms with van der Waals surface area (Å²) in [6.45, 7) is 3.34. The van der Waals surface area contributed by atoms with E-state index in [9.17, 15) is 4.79 Å². The fourth-order valence-electron chi connectivity index (χ4n) is 2.50. The molecule has 2 heterocycles. The van der Waals surface area contributed by atoms with Gasteiger partial charge in [0.05, 0.1) is 17.7 Å². The van der Waals surface area contributed by atoms with Gasteiger partial charge in [0.15, 0.2) is 5.69 Å². The molecule has 100 valence electrons. The zero-order valence-corrected chi connectivity index (χ0v) is 10.9. The molecule has 0 radical (unpaired) electrons. The lowest BCUT2D eigenvalue weighted by atomic mass is 9.94. The molecule has 1 fully saturated rings. The van der Waals surface area contributed by atoms with Crippen molar-refractivity contribution in [1.82, 2.24) is 15.5 Å². The lowest BCUT2D eigenvalue weighted by Gasteiger charge is -2.34. The number of carbonyl (C=O) groups is 1. The van der Waals surface area contributed by atoms with E-state index in [4.69, 9.17) is 4.74 Å². The highest BCUT2D eigenvalue weighted by molar-refractivity contribution is 6.04. The summed E-state index contributed by atoms with van der Waals surface area (Å²) in [7, 11) is 0. The molecule has 5 heteroatoms.